The lowest BCUT2D eigenvalue weighted by molar-refractivity contribution is 1.04. The summed E-state index contributed by atoms with van der Waals surface area (Å²) in [6.07, 6.45) is 3.13. The average molecular weight is 249 g/mol. The molecule has 0 fully saturated rings. The minimum Gasteiger partial charge on any atom is -0.350 e. The topological polar surface area (TPSA) is 63.8 Å². The van der Waals surface area contributed by atoms with Gasteiger partial charge in [0.1, 0.15) is 0 Å². The van der Waals surface area contributed by atoms with E-state index in [1.165, 1.54) is 0 Å². The molecule has 5 heteroatoms. The van der Waals surface area contributed by atoms with Crippen LogP contribution in [0, 0.1) is 0 Å². The first-order valence-electron chi connectivity index (χ1n) is 5.27. The highest BCUT2D eigenvalue weighted by Gasteiger charge is 1.97. The van der Waals surface area contributed by atoms with Crippen LogP contribution in [0.4, 0.5) is 5.95 Å². The summed E-state index contributed by atoms with van der Waals surface area (Å²) in [5.41, 5.74) is 7.81. The Bertz CT molecular complexity index is 467. The normalized spacial score (nSPS) is 10.2. The lowest BCUT2D eigenvalue weighted by Crippen LogP contribution is -2.03. The van der Waals surface area contributed by atoms with Crippen LogP contribution in [0.25, 0.3) is 0 Å². The maximum absolute atomic E-state index is 5.70. The van der Waals surface area contributed by atoms with Crippen molar-refractivity contribution in [1.29, 1.82) is 0 Å². The third-order valence-electron chi connectivity index (χ3n) is 2.33. The molecule has 1 heterocycles. The molecule has 0 aliphatic rings. The Balaban J connectivity index is 1.95. The zero-order chi connectivity index (χ0) is 12.1. The number of anilines is 1. The zero-order valence-electron chi connectivity index (χ0n) is 9.23. The quantitative estimate of drug-likeness (QED) is 0.871. The van der Waals surface area contributed by atoms with Gasteiger partial charge in [0.05, 0.1) is 17.4 Å². The van der Waals surface area contributed by atoms with E-state index in [1.54, 1.807) is 12.4 Å². The highest BCUT2D eigenvalue weighted by atomic mass is 35.5. The Morgan fingerprint density at radius 2 is 1.65 bits per heavy atom. The van der Waals surface area contributed by atoms with E-state index in [4.69, 9.17) is 17.3 Å². The number of benzene rings is 1. The zero-order valence-corrected chi connectivity index (χ0v) is 9.98. The fourth-order valence-corrected chi connectivity index (χ4v) is 1.48. The molecule has 2 rings (SSSR count). The molecule has 88 valence electrons. The van der Waals surface area contributed by atoms with Gasteiger partial charge >= 0.3 is 0 Å². The minimum atomic E-state index is 0.530. The monoisotopic (exact) mass is 248 g/mol. The summed E-state index contributed by atoms with van der Waals surface area (Å²) in [6.45, 7) is 1.24. The van der Waals surface area contributed by atoms with Gasteiger partial charge in [-0.2, -0.15) is 0 Å². The third-order valence-corrected chi connectivity index (χ3v) is 2.52. The summed E-state index contributed by atoms with van der Waals surface area (Å²) in [6, 6.07) is 8.09. The third kappa shape index (κ3) is 3.41. The molecule has 3 N–H and O–H groups in total. The van der Waals surface area contributed by atoms with Crippen LogP contribution >= 0.6 is 11.6 Å². The van der Waals surface area contributed by atoms with Crippen LogP contribution in [0.2, 0.25) is 5.02 Å². The van der Waals surface area contributed by atoms with Crippen molar-refractivity contribution in [2.75, 3.05) is 5.32 Å². The van der Waals surface area contributed by atoms with E-state index in [9.17, 15) is 0 Å². The van der Waals surface area contributed by atoms with Crippen molar-refractivity contribution in [2.24, 2.45) is 5.73 Å². The number of nitrogens with two attached hydrogens (primary N) is 1. The molecule has 0 atom stereocenters. The molecular formula is C12H13ClN4. The molecular weight excluding hydrogens is 236 g/mol. The van der Waals surface area contributed by atoms with E-state index in [0.717, 1.165) is 11.1 Å². The number of aromatic nitrogens is 2. The van der Waals surface area contributed by atoms with Gasteiger partial charge in [0, 0.05) is 13.1 Å². The maximum atomic E-state index is 5.70. The van der Waals surface area contributed by atoms with E-state index < -0.39 is 0 Å². The van der Waals surface area contributed by atoms with E-state index >= 15 is 0 Å². The highest BCUT2D eigenvalue weighted by molar-refractivity contribution is 6.30. The highest BCUT2D eigenvalue weighted by Crippen LogP contribution is 2.08. The van der Waals surface area contributed by atoms with Gasteiger partial charge in [-0.1, -0.05) is 35.9 Å². The smallest absolute Gasteiger partial charge is 0.222 e. The van der Waals surface area contributed by atoms with Gasteiger partial charge < -0.3 is 11.1 Å². The van der Waals surface area contributed by atoms with Crippen LogP contribution in [0.3, 0.4) is 0 Å². The Morgan fingerprint density at radius 3 is 2.24 bits per heavy atom. The Kier molecular flexibility index (Phi) is 3.90. The molecule has 17 heavy (non-hydrogen) atoms. The Hall–Kier alpha value is -1.65. The molecule has 0 bridgehead atoms. The summed E-state index contributed by atoms with van der Waals surface area (Å²) in [4.78, 5) is 8.11. The predicted octanol–water partition coefficient (Wildman–Crippen LogP) is 2.20. The van der Waals surface area contributed by atoms with Crippen LogP contribution in [-0.2, 0) is 13.1 Å². The van der Waals surface area contributed by atoms with Crippen molar-refractivity contribution in [2.45, 2.75) is 13.1 Å². The number of rotatable bonds is 4. The van der Waals surface area contributed by atoms with Gasteiger partial charge in [-0.15, -0.1) is 0 Å². The van der Waals surface area contributed by atoms with Gasteiger partial charge in [0.15, 0.2) is 0 Å². The first kappa shape index (κ1) is 11.8. The van der Waals surface area contributed by atoms with Crippen molar-refractivity contribution < 1.29 is 0 Å². The van der Waals surface area contributed by atoms with Gasteiger partial charge in [0.2, 0.25) is 5.95 Å². The fourth-order valence-electron chi connectivity index (χ4n) is 1.38. The van der Waals surface area contributed by atoms with Crippen LogP contribution in [0.15, 0.2) is 36.7 Å². The largest absolute Gasteiger partial charge is 0.350 e. The van der Waals surface area contributed by atoms with E-state index in [0.29, 0.717) is 24.1 Å². The van der Waals surface area contributed by atoms with Crippen molar-refractivity contribution >= 4 is 17.5 Å². The van der Waals surface area contributed by atoms with E-state index in [-0.39, 0.29) is 0 Å². The maximum Gasteiger partial charge on any atom is 0.222 e. The molecule has 0 aliphatic heterocycles. The molecule has 1 aromatic heterocycles. The van der Waals surface area contributed by atoms with Crippen LogP contribution in [0.5, 0.6) is 0 Å². The number of hydrogen-bond acceptors (Lipinski definition) is 4. The molecule has 0 spiro atoms. The van der Waals surface area contributed by atoms with Gasteiger partial charge in [-0.3, -0.25) is 0 Å². The lowest BCUT2D eigenvalue weighted by atomic mass is 10.1. The van der Waals surface area contributed by atoms with Crippen molar-refractivity contribution in [3.63, 3.8) is 0 Å². The van der Waals surface area contributed by atoms with Crippen LogP contribution in [-0.4, -0.2) is 9.97 Å². The SMILES string of the molecule is NCc1ccc(CNc2ncc(Cl)cn2)cc1. The standard InChI is InChI=1S/C12H13ClN4/c13-11-7-16-12(17-8-11)15-6-10-3-1-9(5-14)2-4-10/h1-4,7-8H,5-6,14H2,(H,15,16,17). The molecule has 0 saturated heterocycles. The van der Waals surface area contributed by atoms with Gasteiger partial charge in [-0.05, 0) is 11.1 Å². The molecule has 0 radical (unpaired) electrons. The van der Waals surface area contributed by atoms with E-state index in [1.807, 2.05) is 24.3 Å². The first-order valence-corrected chi connectivity index (χ1v) is 5.65. The summed E-state index contributed by atoms with van der Waals surface area (Å²) in [7, 11) is 0. The lowest BCUT2D eigenvalue weighted by Gasteiger charge is -2.05. The van der Waals surface area contributed by atoms with Crippen molar-refractivity contribution in [3.8, 4) is 0 Å². The molecule has 2 aromatic rings. The van der Waals surface area contributed by atoms with Crippen LogP contribution in [0.1, 0.15) is 11.1 Å². The van der Waals surface area contributed by atoms with Crippen molar-refractivity contribution in [1.82, 2.24) is 9.97 Å². The molecule has 0 amide bonds. The summed E-state index contributed by atoms with van der Waals surface area (Å²) in [5, 5.41) is 3.64. The second-order valence-electron chi connectivity index (χ2n) is 3.60. The van der Waals surface area contributed by atoms with Crippen molar-refractivity contribution in [3.05, 3.63) is 52.8 Å². The second kappa shape index (κ2) is 5.61. The Labute approximate surface area is 105 Å². The molecule has 0 aliphatic carbocycles. The Morgan fingerprint density at radius 1 is 1.06 bits per heavy atom. The number of nitrogens with zero attached hydrogens (tertiary/aromatic N) is 2. The average Bonchev–Trinajstić information content (AvgIpc) is 2.39. The molecule has 0 unspecified atom stereocenters. The minimum absolute atomic E-state index is 0.530. The molecule has 4 nitrogen and oxygen atoms in total. The summed E-state index contributed by atoms with van der Waals surface area (Å²) >= 11 is 5.70. The van der Waals surface area contributed by atoms with Gasteiger partial charge in [0.25, 0.3) is 0 Å². The summed E-state index contributed by atoms with van der Waals surface area (Å²) in [5.74, 6) is 0.567. The number of halogens is 1. The van der Waals surface area contributed by atoms with Crippen LogP contribution < -0.4 is 11.1 Å². The fraction of sp³-hybridized carbons (Fsp3) is 0.167. The summed E-state index contributed by atoms with van der Waals surface area (Å²) < 4.78 is 0. The number of hydrogen-bond donors (Lipinski definition) is 2. The van der Waals surface area contributed by atoms with E-state index in [2.05, 4.69) is 15.3 Å². The predicted molar refractivity (Wildman–Crippen MR) is 68.7 cm³/mol. The van der Waals surface area contributed by atoms with Gasteiger partial charge in [-0.25, -0.2) is 9.97 Å². The second-order valence-corrected chi connectivity index (χ2v) is 4.04. The molecule has 0 saturated carbocycles. The first-order chi connectivity index (χ1) is 8.28. The number of nitrogens with one attached hydrogen (secondary N) is 1. The molecule has 1 aromatic carbocycles.